The van der Waals surface area contributed by atoms with E-state index in [4.69, 9.17) is 0 Å². The zero-order valence-corrected chi connectivity index (χ0v) is 10.3. The summed E-state index contributed by atoms with van der Waals surface area (Å²) in [6.45, 7) is 4.39. The Morgan fingerprint density at radius 2 is 2.20 bits per heavy atom. The van der Waals surface area contributed by atoms with Gasteiger partial charge in [-0.25, -0.2) is 0 Å². The van der Waals surface area contributed by atoms with Gasteiger partial charge < -0.3 is 0 Å². The summed E-state index contributed by atoms with van der Waals surface area (Å²) in [5.41, 5.74) is 0.931. The summed E-state index contributed by atoms with van der Waals surface area (Å²) in [5, 5.41) is 0. The fraction of sp³-hybridized carbons (Fsp3) is 0.583. The summed E-state index contributed by atoms with van der Waals surface area (Å²) in [6.07, 6.45) is 3.96. The minimum absolute atomic E-state index is 0.596. The Kier molecular flexibility index (Phi) is 5.54. The molecular formula is C12H19NOS. The summed E-state index contributed by atoms with van der Waals surface area (Å²) in [7, 11) is -0.750. The molecule has 0 amide bonds. The molecule has 1 aromatic heterocycles. The summed E-state index contributed by atoms with van der Waals surface area (Å²) in [6, 6.07) is 5.75. The van der Waals surface area contributed by atoms with Gasteiger partial charge in [0.1, 0.15) is 0 Å². The molecular weight excluding hydrogens is 206 g/mol. The molecule has 2 nitrogen and oxygen atoms in total. The van der Waals surface area contributed by atoms with Crippen molar-refractivity contribution in [3.63, 3.8) is 0 Å². The quantitative estimate of drug-likeness (QED) is 0.745. The Morgan fingerprint density at radius 1 is 1.40 bits per heavy atom. The van der Waals surface area contributed by atoms with Crippen molar-refractivity contribution < 1.29 is 4.21 Å². The minimum Gasteiger partial charge on any atom is -0.260 e. The van der Waals surface area contributed by atoms with Crippen LogP contribution in [0.25, 0.3) is 0 Å². The third-order valence-electron chi connectivity index (χ3n) is 2.19. The maximum atomic E-state index is 11.7. The van der Waals surface area contributed by atoms with E-state index in [1.54, 1.807) is 6.20 Å². The molecule has 1 heterocycles. The number of aromatic nitrogens is 1. The van der Waals surface area contributed by atoms with E-state index in [1.165, 1.54) is 0 Å². The molecule has 1 atom stereocenters. The lowest BCUT2D eigenvalue weighted by atomic mass is 10.1. The maximum Gasteiger partial charge on any atom is 0.0658 e. The van der Waals surface area contributed by atoms with Gasteiger partial charge >= 0.3 is 0 Å². The number of hydrogen-bond acceptors (Lipinski definition) is 2. The van der Waals surface area contributed by atoms with E-state index in [1.807, 2.05) is 18.2 Å². The van der Waals surface area contributed by atoms with E-state index in [2.05, 4.69) is 18.8 Å². The Balaban J connectivity index is 2.25. The molecule has 0 spiro atoms. The Morgan fingerprint density at radius 3 is 2.80 bits per heavy atom. The zero-order chi connectivity index (χ0) is 11.1. The van der Waals surface area contributed by atoms with Gasteiger partial charge in [0.2, 0.25) is 0 Å². The predicted molar refractivity (Wildman–Crippen MR) is 65.0 cm³/mol. The molecule has 0 saturated heterocycles. The fourth-order valence-electron chi connectivity index (χ4n) is 1.37. The standard InChI is InChI=1S/C12H19NOS/c1-11(2)6-5-9-15(14)10-12-7-3-4-8-13-12/h3-4,7-8,11H,5-6,9-10H2,1-2H3/t15-/m0/s1. The molecule has 0 bridgehead atoms. The first-order valence-electron chi connectivity index (χ1n) is 5.43. The zero-order valence-electron chi connectivity index (χ0n) is 9.48. The summed E-state index contributed by atoms with van der Waals surface area (Å²) in [4.78, 5) is 4.17. The number of nitrogens with zero attached hydrogens (tertiary/aromatic N) is 1. The van der Waals surface area contributed by atoms with Gasteiger partial charge in [-0.05, 0) is 24.5 Å². The average molecular weight is 225 g/mol. The summed E-state index contributed by atoms with van der Waals surface area (Å²) < 4.78 is 11.7. The predicted octanol–water partition coefficient (Wildman–Crippen LogP) is 2.77. The lowest BCUT2D eigenvalue weighted by Gasteiger charge is -2.04. The van der Waals surface area contributed by atoms with Crippen LogP contribution in [0.15, 0.2) is 24.4 Å². The van der Waals surface area contributed by atoms with E-state index in [0.29, 0.717) is 11.7 Å². The van der Waals surface area contributed by atoms with E-state index in [0.717, 1.165) is 24.3 Å². The fourth-order valence-corrected chi connectivity index (χ4v) is 2.51. The highest BCUT2D eigenvalue weighted by Gasteiger charge is 2.03. The van der Waals surface area contributed by atoms with Crippen molar-refractivity contribution in [1.82, 2.24) is 4.98 Å². The second kappa shape index (κ2) is 6.72. The molecule has 0 aliphatic heterocycles. The Bertz CT molecular complexity index is 298. The van der Waals surface area contributed by atoms with Crippen molar-refractivity contribution in [2.24, 2.45) is 5.92 Å². The molecule has 1 aromatic rings. The number of rotatable bonds is 6. The van der Waals surface area contributed by atoms with Crippen molar-refractivity contribution >= 4 is 10.8 Å². The van der Waals surface area contributed by atoms with Crippen LogP contribution in [0.4, 0.5) is 0 Å². The van der Waals surface area contributed by atoms with Gasteiger partial charge in [0.15, 0.2) is 0 Å². The number of pyridine rings is 1. The van der Waals surface area contributed by atoms with Crippen LogP contribution in [0.5, 0.6) is 0 Å². The molecule has 0 fully saturated rings. The van der Waals surface area contributed by atoms with Crippen LogP contribution in [0.3, 0.4) is 0 Å². The average Bonchev–Trinajstić information content (AvgIpc) is 2.18. The first-order valence-corrected chi connectivity index (χ1v) is 6.92. The second-order valence-corrected chi connectivity index (χ2v) is 5.72. The largest absolute Gasteiger partial charge is 0.260 e. The SMILES string of the molecule is CC(C)CCC[S@](=O)Cc1ccccn1. The van der Waals surface area contributed by atoms with E-state index in [-0.39, 0.29) is 0 Å². The van der Waals surface area contributed by atoms with Crippen LogP contribution in [0.2, 0.25) is 0 Å². The molecule has 0 saturated carbocycles. The lowest BCUT2D eigenvalue weighted by Crippen LogP contribution is -2.03. The maximum absolute atomic E-state index is 11.7. The van der Waals surface area contributed by atoms with Gasteiger partial charge in [0, 0.05) is 22.7 Å². The van der Waals surface area contributed by atoms with Crippen LogP contribution in [-0.2, 0) is 16.6 Å². The van der Waals surface area contributed by atoms with Crippen molar-refractivity contribution in [2.45, 2.75) is 32.4 Å². The van der Waals surface area contributed by atoms with Crippen molar-refractivity contribution in [3.8, 4) is 0 Å². The van der Waals surface area contributed by atoms with Crippen LogP contribution in [0.1, 0.15) is 32.4 Å². The molecule has 1 rings (SSSR count). The highest BCUT2D eigenvalue weighted by molar-refractivity contribution is 7.84. The molecule has 0 aromatic carbocycles. The van der Waals surface area contributed by atoms with Gasteiger partial charge in [-0.15, -0.1) is 0 Å². The van der Waals surface area contributed by atoms with Gasteiger partial charge in [-0.1, -0.05) is 26.3 Å². The van der Waals surface area contributed by atoms with E-state index in [9.17, 15) is 4.21 Å². The smallest absolute Gasteiger partial charge is 0.0658 e. The third-order valence-corrected chi connectivity index (χ3v) is 3.55. The Labute approximate surface area is 94.6 Å². The normalized spacial score (nSPS) is 13.0. The van der Waals surface area contributed by atoms with Gasteiger partial charge in [-0.3, -0.25) is 9.19 Å². The van der Waals surface area contributed by atoms with Crippen molar-refractivity contribution in [3.05, 3.63) is 30.1 Å². The highest BCUT2D eigenvalue weighted by atomic mass is 32.2. The first-order chi connectivity index (χ1) is 7.18. The van der Waals surface area contributed by atoms with Crippen LogP contribution < -0.4 is 0 Å². The molecule has 15 heavy (non-hydrogen) atoms. The molecule has 84 valence electrons. The Hall–Kier alpha value is -0.700. The molecule has 0 aliphatic carbocycles. The summed E-state index contributed by atoms with van der Waals surface area (Å²) >= 11 is 0. The van der Waals surface area contributed by atoms with Gasteiger partial charge in [-0.2, -0.15) is 0 Å². The molecule has 0 unspecified atom stereocenters. The monoisotopic (exact) mass is 225 g/mol. The van der Waals surface area contributed by atoms with Crippen molar-refractivity contribution in [2.75, 3.05) is 5.75 Å². The number of hydrogen-bond donors (Lipinski definition) is 0. The first kappa shape index (κ1) is 12.4. The lowest BCUT2D eigenvalue weighted by molar-refractivity contribution is 0.575. The van der Waals surface area contributed by atoms with Crippen LogP contribution in [0, 0.1) is 5.92 Å². The summed E-state index contributed by atoms with van der Waals surface area (Å²) in [5.74, 6) is 2.10. The molecule has 0 N–H and O–H groups in total. The van der Waals surface area contributed by atoms with Crippen LogP contribution in [-0.4, -0.2) is 14.9 Å². The van der Waals surface area contributed by atoms with E-state index >= 15 is 0 Å². The molecule has 3 heteroatoms. The second-order valence-electron chi connectivity index (χ2n) is 4.15. The van der Waals surface area contributed by atoms with E-state index < -0.39 is 10.8 Å². The minimum atomic E-state index is -0.750. The topological polar surface area (TPSA) is 30.0 Å². The van der Waals surface area contributed by atoms with Crippen LogP contribution >= 0.6 is 0 Å². The third kappa shape index (κ3) is 5.67. The van der Waals surface area contributed by atoms with Gasteiger partial charge in [0.25, 0.3) is 0 Å². The molecule has 0 aliphatic rings. The highest BCUT2D eigenvalue weighted by Crippen LogP contribution is 2.06. The molecule has 0 radical (unpaired) electrons. The van der Waals surface area contributed by atoms with Crippen molar-refractivity contribution in [1.29, 1.82) is 0 Å². The van der Waals surface area contributed by atoms with Gasteiger partial charge in [0.05, 0.1) is 11.4 Å².